The summed E-state index contributed by atoms with van der Waals surface area (Å²) in [5.74, 6) is -2.91. The molecule has 0 saturated carbocycles. The smallest absolute Gasteiger partial charge is 0.472 e. The Morgan fingerprint density at radius 2 is 1.72 bits per heavy atom. The van der Waals surface area contributed by atoms with Crippen molar-refractivity contribution in [1.82, 2.24) is 20.2 Å². The number of rotatable bonds is 8. The first-order valence-electron chi connectivity index (χ1n) is 14.1. The van der Waals surface area contributed by atoms with Crippen LogP contribution in [-0.4, -0.2) is 80.8 Å². The second kappa shape index (κ2) is 13.1. The molecule has 0 aliphatic carbocycles. The molecule has 0 radical (unpaired) electrons. The number of halogens is 3. The number of nitrogens with zero attached hydrogens (tertiary/aromatic N) is 4. The Labute approximate surface area is 265 Å². The van der Waals surface area contributed by atoms with Crippen LogP contribution >= 0.6 is 0 Å². The van der Waals surface area contributed by atoms with Crippen LogP contribution in [0.2, 0.25) is 0 Å². The summed E-state index contributed by atoms with van der Waals surface area (Å²) < 4.78 is 80.6. The van der Waals surface area contributed by atoms with E-state index >= 15 is 0 Å². The second-order valence-electron chi connectivity index (χ2n) is 11.7. The van der Waals surface area contributed by atoms with Gasteiger partial charge in [0, 0.05) is 38.3 Å². The van der Waals surface area contributed by atoms with Gasteiger partial charge in [-0.1, -0.05) is 26.8 Å². The molecule has 2 amide bonds. The molecule has 1 aliphatic heterocycles. The number of carbonyl (C=O) groups excluding carboxylic acids is 2. The zero-order valence-corrected chi connectivity index (χ0v) is 27.0. The fourth-order valence-corrected chi connectivity index (χ4v) is 5.24. The van der Waals surface area contributed by atoms with E-state index in [1.165, 1.54) is 36.4 Å². The van der Waals surface area contributed by atoms with Gasteiger partial charge >= 0.3 is 12.1 Å². The molecule has 1 fully saturated rings. The van der Waals surface area contributed by atoms with E-state index in [1.54, 1.807) is 32.6 Å². The third-order valence-electron chi connectivity index (χ3n) is 7.03. The van der Waals surface area contributed by atoms with Gasteiger partial charge in [-0.25, -0.2) is 18.4 Å². The monoisotopic (exact) mass is 664 g/mol. The number of aromatic nitrogens is 2. The molecule has 0 spiro atoms. The van der Waals surface area contributed by atoms with Gasteiger partial charge < -0.3 is 19.7 Å². The number of carbonyl (C=O) groups is 2. The number of anilines is 3. The average molecular weight is 665 g/mol. The van der Waals surface area contributed by atoms with Crippen LogP contribution in [0.3, 0.4) is 0 Å². The molecular weight excluding hydrogens is 629 g/mol. The highest BCUT2D eigenvalue weighted by Gasteiger charge is 2.45. The molecule has 0 atom stereocenters. The molecular formula is C30H35F3N6O6S. The highest BCUT2D eigenvalue weighted by atomic mass is 32.2. The van der Waals surface area contributed by atoms with Crippen molar-refractivity contribution in [2.75, 3.05) is 49.2 Å². The fraction of sp³-hybridized carbons (Fsp3) is 0.400. The van der Waals surface area contributed by atoms with Gasteiger partial charge in [-0.3, -0.25) is 19.2 Å². The van der Waals surface area contributed by atoms with Gasteiger partial charge in [0.15, 0.2) is 5.75 Å². The van der Waals surface area contributed by atoms with E-state index in [-0.39, 0.29) is 46.0 Å². The van der Waals surface area contributed by atoms with Crippen molar-refractivity contribution in [3.05, 3.63) is 59.5 Å². The lowest BCUT2D eigenvalue weighted by atomic mass is 9.86. The molecule has 1 aliphatic rings. The number of hydrogen-bond donors (Lipinski definition) is 2. The van der Waals surface area contributed by atoms with E-state index in [0.29, 0.717) is 42.2 Å². The number of nitrogens with one attached hydrogen (secondary N) is 2. The predicted molar refractivity (Wildman–Crippen MR) is 165 cm³/mol. The zero-order valence-electron chi connectivity index (χ0n) is 26.2. The first-order chi connectivity index (χ1) is 21.4. The second-order valence-corrected chi connectivity index (χ2v) is 13.4. The lowest BCUT2D eigenvalue weighted by Gasteiger charge is -2.30. The molecule has 2 heterocycles. The molecule has 46 heavy (non-hydrogen) atoms. The van der Waals surface area contributed by atoms with Crippen LogP contribution in [0.5, 0.6) is 17.4 Å². The SMILES string of the molecule is COc1c(NS(C)(=O)=O)cc(C(C)(C)C)cc1N(C(=O)C(F)(F)F)c1ccc(C)c(Oc2cc(C(=O)N3CCNCC3)ncn2)c1. The third kappa shape index (κ3) is 8.04. The molecule has 4 rings (SSSR count). The summed E-state index contributed by atoms with van der Waals surface area (Å²) >= 11 is 0. The van der Waals surface area contributed by atoms with Crippen molar-refractivity contribution >= 4 is 38.9 Å². The number of ether oxygens (including phenoxy) is 2. The van der Waals surface area contributed by atoms with Gasteiger partial charge in [-0.05, 0) is 41.7 Å². The summed E-state index contributed by atoms with van der Waals surface area (Å²) in [6.07, 6.45) is -3.32. The Kier molecular flexibility index (Phi) is 9.82. The van der Waals surface area contributed by atoms with Crippen molar-refractivity contribution in [3.8, 4) is 17.4 Å². The van der Waals surface area contributed by atoms with Gasteiger partial charge in [-0.15, -0.1) is 0 Å². The first kappa shape index (κ1) is 34.4. The molecule has 1 aromatic heterocycles. The molecule has 2 aromatic carbocycles. The first-order valence-corrected chi connectivity index (χ1v) is 16.0. The standard InChI is InChI=1S/C30H35F3N6O6S/c1-18-7-8-20(15-24(18)45-25-16-22(35-17-36-25)27(40)38-11-9-34-10-12-38)39(28(41)30(31,32)33)23-14-19(29(2,3)4)13-21(26(23)44-5)37-46(6,42)43/h7-8,13-17,34,37H,9-12H2,1-6H3. The van der Waals surface area contributed by atoms with Gasteiger partial charge in [0.05, 0.1) is 30.4 Å². The minimum atomic E-state index is -5.34. The van der Waals surface area contributed by atoms with Crippen molar-refractivity contribution in [1.29, 1.82) is 0 Å². The normalized spacial score (nSPS) is 14.1. The number of amides is 2. The summed E-state index contributed by atoms with van der Waals surface area (Å²) in [7, 11) is -2.76. The van der Waals surface area contributed by atoms with Gasteiger partial charge in [0.2, 0.25) is 15.9 Å². The maximum Gasteiger partial charge on any atom is 0.472 e. The van der Waals surface area contributed by atoms with Gasteiger partial charge in [0.25, 0.3) is 5.91 Å². The van der Waals surface area contributed by atoms with E-state index in [9.17, 15) is 31.2 Å². The van der Waals surface area contributed by atoms with E-state index < -0.39 is 27.5 Å². The topological polar surface area (TPSA) is 143 Å². The summed E-state index contributed by atoms with van der Waals surface area (Å²) in [6, 6.07) is 8.06. The van der Waals surface area contributed by atoms with Gasteiger partial charge in [0.1, 0.15) is 17.8 Å². The molecule has 0 bridgehead atoms. The summed E-state index contributed by atoms with van der Waals surface area (Å²) in [4.78, 5) is 36.2. The van der Waals surface area contributed by atoms with Crippen LogP contribution in [0.15, 0.2) is 42.7 Å². The molecule has 16 heteroatoms. The number of aryl methyl sites for hydroxylation is 1. The van der Waals surface area contributed by atoms with Crippen LogP contribution in [0.1, 0.15) is 42.4 Å². The van der Waals surface area contributed by atoms with E-state index in [4.69, 9.17) is 9.47 Å². The Balaban J connectivity index is 1.84. The fourth-order valence-electron chi connectivity index (χ4n) is 4.69. The van der Waals surface area contributed by atoms with Crippen molar-refractivity contribution in [2.24, 2.45) is 0 Å². The maximum absolute atomic E-state index is 14.2. The quantitative estimate of drug-likeness (QED) is 0.355. The number of benzene rings is 2. The number of sulfonamides is 1. The van der Waals surface area contributed by atoms with Crippen molar-refractivity contribution in [2.45, 2.75) is 39.3 Å². The Morgan fingerprint density at radius 3 is 2.30 bits per heavy atom. The minimum absolute atomic E-state index is 0.0390. The Hall–Kier alpha value is -4.44. The number of methoxy groups -OCH3 is 1. The maximum atomic E-state index is 14.2. The minimum Gasteiger partial charge on any atom is -0.492 e. The van der Waals surface area contributed by atoms with E-state index in [1.807, 2.05) is 0 Å². The molecule has 12 nitrogen and oxygen atoms in total. The Bertz CT molecular complexity index is 1740. The molecule has 0 unspecified atom stereocenters. The average Bonchev–Trinajstić information content (AvgIpc) is 2.97. The van der Waals surface area contributed by atoms with Crippen LogP contribution in [0, 0.1) is 6.92 Å². The highest BCUT2D eigenvalue weighted by Crippen LogP contribution is 2.45. The number of alkyl halides is 3. The number of hydrogen-bond acceptors (Lipinski definition) is 9. The lowest BCUT2D eigenvalue weighted by Crippen LogP contribution is -2.46. The van der Waals surface area contributed by atoms with Crippen molar-refractivity contribution < 1.29 is 40.7 Å². The zero-order chi connectivity index (χ0) is 34.0. The van der Waals surface area contributed by atoms with Gasteiger partial charge in [-0.2, -0.15) is 13.2 Å². The molecule has 1 saturated heterocycles. The largest absolute Gasteiger partial charge is 0.492 e. The van der Waals surface area contributed by atoms with Crippen LogP contribution in [0.4, 0.5) is 30.2 Å². The third-order valence-corrected chi connectivity index (χ3v) is 7.62. The molecule has 2 N–H and O–H groups in total. The van der Waals surface area contributed by atoms with Crippen LogP contribution in [-0.2, 0) is 20.2 Å². The van der Waals surface area contributed by atoms with E-state index in [2.05, 4.69) is 20.0 Å². The number of piperazine rings is 1. The summed E-state index contributed by atoms with van der Waals surface area (Å²) in [6.45, 7) is 9.22. The predicted octanol–water partition coefficient (Wildman–Crippen LogP) is 4.53. The van der Waals surface area contributed by atoms with Crippen LogP contribution in [0.25, 0.3) is 0 Å². The molecule has 3 aromatic rings. The summed E-state index contributed by atoms with van der Waals surface area (Å²) in [5.41, 5.74) is -0.487. The Morgan fingerprint density at radius 1 is 1.04 bits per heavy atom. The highest BCUT2D eigenvalue weighted by molar-refractivity contribution is 7.92. The van der Waals surface area contributed by atoms with Crippen molar-refractivity contribution in [3.63, 3.8) is 0 Å². The summed E-state index contributed by atoms with van der Waals surface area (Å²) in [5, 5.41) is 3.16. The van der Waals surface area contributed by atoms with E-state index in [0.717, 1.165) is 19.7 Å². The molecule has 248 valence electrons. The van der Waals surface area contributed by atoms with Crippen LogP contribution < -0.4 is 24.4 Å². The lowest BCUT2D eigenvalue weighted by molar-refractivity contribution is -0.169.